The molecule has 142 valence electrons. The molecule has 4 rings (SSSR count). The maximum atomic E-state index is 12.7. The number of carbonyl (C=O) groups is 1. The third-order valence-corrected chi connectivity index (χ3v) is 5.56. The Hall–Kier alpha value is -2.91. The molecule has 28 heavy (non-hydrogen) atoms. The Bertz CT molecular complexity index is 1050. The van der Waals surface area contributed by atoms with E-state index in [1.165, 1.54) is 22.2 Å². The molecule has 3 heteroatoms. The molecule has 1 unspecified atom stereocenters. The lowest BCUT2D eigenvalue weighted by Gasteiger charge is -2.12. The molecule has 1 aliphatic carbocycles. The predicted octanol–water partition coefficient (Wildman–Crippen LogP) is 5.21. The second-order valence-corrected chi connectivity index (χ2v) is 7.30. The number of benzene rings is 2. The number of carbonyl (C=O) groups excluding carboxylic acids is 1. The summed E-state index contributed by atoms with van der Waals surface area (Å²) in [5.41, 5.74) is 12.7. The Kier molecular flexibility index (Phi) is 5.27. The van der Waals surface area contributed by atoms with Gasteiger partial charge in [0.2, 0.25) is 0 Å². The molecule has 3 N–H and O–H groups in total. The fraction of sp³-hybridized carbons (Fsp3) is 0.240. The molecule has 0 radical (unpaired) electrons. The monoisotopic (exact) mass is 370 g/mol. The minimum Gasteiger partial charge on any atom is -0.358 e. The lowest BCUT2D eigenvalue weighted by molar-refractivity contribution is 0.0945. The molecular weight excluding hydrogens is 344 g/mol. The third-order valence-electron chi connectivity index (χ3n) is 5.56. The average molecular weight is 370 g/mol. The molecule has 0 saturated heterocycles. The van der Waals surface area contributed by atoms with E-state index in [9.17, 15) is 4.79 Å². The number of aryl methyl sites for hydroxylation is 1. The first-order valence-corrected chi connectivity index (χ1v) is 10.0. The van der Waals surface area contributed by atoms with E-state index in [0.717, 1.165) is 35.9 Å². The number of aromatic amines is 1. The van der Waals surface area contributed by atoms with Gasteiger partial charge in [0.1, 0.15) is 0 Å². The number of hydrogen-bond donors (Lipinski definition) is 2. The van der Waals surface area contributed by atoms with Crippen LogP contribution in [0.15, 0.2) is 66.8 Å². The zero-order valence-electron chi connectivity index (χ0n) is 16.2. The molecule has 3 aromatic rings. The van der Waals surface area contributed by atoms with Crippen LogP contribution in [0, 0.1) is 5.92 Å². The molecule has 0 saturated carbocycles. The molecule has 0 aliphatic heterocycles. The number of rotatable bonds is 6. The van der Waals surface area contributed by atoms with Crippen LogP contribution in [-0.4, -0.2) is 17.3 Å². The van der Waals surface area contributed by atoms with Crippen molar-refractivity contribution in [3.63, 3.8) is 0 Å². The molecule has 1 atom stereocenters. The molecular formula is C25H26N2O. The van der Waals surface area contributed by atoms with Crippen LogP contribution in [-0.2, 0) is 12.8 Å². The third kappa shape index (κ3) is 3.34. The Morgan fingerprint density at radius 2 is 1.96 bits per heavy atom. The van der Waals surface area contributed by atoms with Crippen molar-refractivity contribution in [1.29, 1.82) is 0 Å². The minimum atomic E-state index is -0.0489. The first-order chi connectivity index (χ1) is 13.7. The van der Waals surface area contributed by atoms with E-state index in [1.54, 1.807) is 0 Å². The summed E-state index contributed by atoms with van der Waals surface area (Å²) in [6.45, 7) is 2.80. The van der Waals surface area contributed by atoms with E-state index in [0.29, 0.717) is 6.54 Å². The molecule has 3 nitrogen and oxygen atoms in total. The number of fused-ring (bicyclic) bond motifs is 1. The smallest absolute Gasteiger partial charge is 0.170 e. The van der Waals surface area contributed by atoms with Crippen LogP contribution in [0.4, 0.5) is 0 Å². The number of nitrogens with two attached hydrogens (primary N) is 1. The molecule has 0 spiro atoms. The molecule has 1 aromatic heterocycles. The van der Waals surface area contributed by atoms with Crippen molar-refractivity contribution in [2.45, 2.75) is 26.2 Å². The maximum absolute atomic E-state index is 12.7. The highest BCUT2D eigenvalue weighted by molar-refractivity contribution is 6.01. The highest BCUT2D eigenvalue weighted by atomic mass is 16.1. The fourth-order valence-electron chi connectivity index (χ4n) is 4.14. The number of ketones is 1. The summed E-state index contributed by atoms with van der Waals surface area (Å²) < 4.78 is 0. The van der Waals surface area contributed by atoms with Crippen LogP contribution >= 0.6 is 0 Å². The van der Waals surface area contributed by atoms with Gasteiger partial charge in [0.25, 0.3) is 0 Å². The second-order valence-electron chi connectivity index (χ2n) is 7.30. The van der Waals surface area contributed by atoms with Crippen LogP contribution in [0.1, 0.15) is 35.0 Å². The summed E-state index contributed by atoms with van der Waals surface area (Å²) in [5, 5.41) is 1.25. The highest BCUT2D eigenvalue weighted by Gasteiger charge is 2.18. The first-order valence-electron chi connectivity index (χ1n) is 10.0. The SMILES string of the molecule is CCc1[nH]c2cccc(-c3ccc(C(=O)C4C=CC=CC4)cc3)c2c1CCN. The molecule has 1 aliphatic rings. The maximum Gasteiger partial charge on any atom is 0.170 e. The van der Waals surface area contributed by atoms with Gasteiger partial charge >= 0.3 is 0 Å². The molecule has 0 fully saturated rings. The summed E-state index contributed by atoms with van der Waals surface area (Å²) in [6, 6.07) is 14.4. The Morgan fingerprint density at radius 3 is 2.64 bits per heavy atom. The Balaban J connectivity index is 1.72. The van der Waals surface area contributed by atoms with Gasteiger partial charge in [-0.05, 0) is 48.6 Å². The molecule has 1 heterocycles. The van der Waals surface area contributed by atoms with Gasteiger partial charge in [-0.15, -0.1) is 0 Å². The van der Waals surface area contributed by atoms with E-state index in [4.69, 9.17) is 5.73 Å². The van der Waals surface area contributed by atoms with E-state index in [-0.39, 0.29) is 11.7 Å². The zero-order valence-corrected chi connectivity index (χ0v) is 16.2. The van der Waals surface area contributed by atoms with Gasteiger partial charge in [0, 0.05) is 28.1 Å². The normalized spacial score (nSPS) is 16.0. The van der Waals surface area contributed by atoms with Crippen LogP contribution in [0.3, 0.4) is 0 Å². The molecule has 2 aromatic carbocycles. The summed E-state index contributed by atoms with van der Waals surface area (Å²) in [6.07, 6.45) is 10.6. The molecule has 0 amide bonds. The van der Waals surface area contributed by atoms with Gasteiger partial charge in [0.15, 0.2) is 5.78 Å². The number of H-pyrrole nitrogens is 1. The lowest BCUT2D eigenvalue weighted by Crippen LogP contribution is -2.12. The van der Waals surface area contributed by atoms with Crippen molar-refractivity contribution < 1.29 is 4.79 Å². The number of hydrogen-bond acceptors (Lipinski definition) is 2. The highest BCUT2D eigenvalue weighted by Crippen LogP contribution is 2.34. The zero-order chi connectivity index (χ0) is 19.5. The summed E-state index contributed by atoms with van der Waals surface area (Å²) in [7, 11) is 0. The number of Topliss-reactive ketones (excluding diaryl/α,β-unsaturated/α-hetero) is 1. The summed E-state index contributed by atoms with van der Waals surface area (Å²) >= 11 is 0. The van der Waals surface area contributed by atoms with Crippen molar-refractivity contribution in [3.05, 3.63) is 83.6 Å². The van der Waals surface area contributed by atoms with Crippen LogP contribution in [0.5, 0.6) is 0 Å². The quantitative estimate of drug-likeness (QED) is 0.585. The van der Waals surface area contributed by atoms with E-state index in [2.05, 4.69) is 42.2 Å². The van der Waals surface area contributed by atoms with E-state index >= 15 is 0 Å². The largest absolute Gasteiger partial charge is 0.358 e. The lowest BCUT2D eigenvalue weighted by atomic mass is 9.90. The van der Waals surface area contributed by atoms with Crippen molar-refractivity contribution in [2.24, 2.45) is 11.7 Å². The Morgan fingerprint density at radius 1 is 1.14 bits per heavy atom. The summed E-state index contributed by atoms with van der Waals surface area (Å²) in [5.74, 6) is 0.135. The minimum absolute atomic E-state index is 0.0489. The Labute approximate surface area is 166 Å². The van der Waals surface area contributed by atoms with Gasteiger partial charge in [-0.25, -0.2) is 0 Å². The van der Waals surface area contributed by atoms with Gasteiger partial charge in [-0.2, -0.15) is 0 Å². The number of nitrogens with one attached hydrogen (secondary N) is 1. The van der Waals surface area contributed by atoms with Crippen molar-refractivity contribution in [3.8, 4) is 11.1 Å². The number of allylic oxidation sites excluding steroid dienone is 4. The van der Waals surface area contributed by atoms with E-state index in [1.807, 2.05) is 36.4 Å². The summed E-state index contributed by atoms with van der Waals surface area (Å²) in [4.78, 5) is 16.3. The first kappa shape index (κ1) is 18.5. The van der Waals surface area contributed by atoms with Crippen molar-refractivity contribution >= 4 is 16.7 Å². The predicted molar refractivity (Wildman–Crippen MR) is 117 cm³/mol. The van der Waals surface area contributed by atoms with Crippen molar-refractivity contribution in [2.75, 3.05) is 6.54 Å². The van der Waals surface area contributed by atoms with Crippen LogP contribution < -0.4 is 5.73 Å². The fourth-order valence-corrected chi connectivity index (χ4v) is 4.14. The second kappa shape index (κ2) is 7.99. The number of aromatic nitrogens is 1. The topological polar surface area (TPSA) is 58.9 Å². The van der Waals surface area contributed by atoms with Gasteiger partial charge < -0.3 is 10.7 Å². The van der Waals surface area contributed by atoms with E-state index < -0.39 is 0 Å². The van der Waals surface area contributed by atoms with Gasteiger partial charge in [-0.1, -0.05) is 67.6 Å². The average Bonchev–Trinajstić information content (AvgIpc) is 3.12. The van der Waals surface area contributed by atoms with Crippen molar-refractivity contribution in [1.82, 2.24) is 4.98 Å². The van der Waals surface area contributed by atoms with Gasteiger partial charge in [-0.3, -0.25) is 4.79 Å². The molecule has 0 bridgehead atoms. The standard InChI is InChI=1S/C25H26N2O/c1-2-22-21(15-16-26)24-20(9-6-10-23(24)27-22)17-11-13-19(14-12-17)25(28)18-7-4-3-5-8-18/h3-7,9-14,18,27H,2,8,15-16,26H2,1H3. The van der Waals surface area contributed by atoms with Gasteiger partial charge in [0.05, 0.1) is 0 Å². The van der Waals surface area contributed by atoms with Crippen LogP contribution in [0.2, 0.25) is 0 Å². The van der Waals surface area contributed by atoms with Crippen LogP contribution in [0.25, 0.3) is 22.0 Å².